The van der Waals surface area contributed by atoms with E-state index in [-0.39, 0.29) is 9.37 Å². The second-order valence-corrected chi connectivity index (χ2v) is 6.61. The molecule has 1 heterocycles. The zero-order valence-corrected chi connectivity index (χ0v) is 11.8. The summed E-state index contributed by atoms with van der Waals surface area (Å²) in [6.45, 7) is -0.933. The average molecular weight is 351 g/mol. The zero-order chi connectivity index (χ0) is 14.2. The molecule has 1 N–H and O–H groups in total. The second kappa shape index (κ2) is 4.99. The lowest BCUT2D eigenvalue weighted by Gasteiger charge is -2.24. The first-order chi connectivity index (χ1) is 8.80. The fraction of sp³-hybridized carbons (Fsp3) is 0.200. The van der Waals surface area contributed by atoms with Crippen molar-refractivity contribution in [3.63, 3.8) is 0 Å². The van der Waals surface area contributed by atoms with Crippen molar-refractivity contribution in [3.05, 3.63) is 28.5 Å². The van der Waals surface area contributed by atoms with Gasteiger partial charge in [0.25, 0.3) is 0 Å². The third-order valence-corrected chi connectivity index (χ3v) is 4.88. The molecule has 1 aromatic carbocycles. The molecule has 0 saturated carbocycles. The Kier molecular flexibility index (Phi) is 3.70. The van der Waals surface area contributed by atoms with Crippen LogP contribution >= 0.6 is 15.9 Å². The van der Waals surface area contributed by atoms with Crippen molar-refractivity contribution in [2.24, 2.45) is 0 Å². The van der Waals surface area contributed by atoms with Gasteiger partial charge in [-0.2, -0.15) is 4.31 Å². The third-order valence-electron chi connectivity index (χ3n) is 2.45. The van der Waals surface area contributed by atoms with Crippen LogP contribution in [0.4, 0.5) is 4.39 Å². The maximum Gasteiger partial charge on any atom is 0.244 e. The first-order valence-electron chi connectivity index (χ1n) is 5.08. The first kappa shape index (κ1) is 14.1. The van der Waals surface area contributed by atoms with E-state index in [9.17, 15) is 22.4 Å². The highest BCUT2D eigenvalue weighted by atomic mass is 79.9. The van der Waals surface area contributed by atoms with Gasteiger partial charge in [0.05, 0.1) is 22.5 Å². The zero-order valence-electron chi connectivity index (χ0n) is 9.39. The molecule has 1 saturated heterocycles. The number of amides is 2. The molecular weight excluding hydrogens is 343 g/mol. The molecular formula is C10H8BrFN2O4S. The van der Waals surface area contributed by atoms with Crippen molar-refractivity contribution in [3.8, 4) is 0 Å². The monoisotopic (exact) mass is 350 g/mol. The molecule has 102 valence electrons. The number of nitrogens with zero attached hydrogens (tertiary/aromatic N) is 1. The number of piperazine rings is 1. The fourth-order valence-corrected chi connectivity index (χ4v) is 3.18. The summed E-state index contributed by atoms with van der Waals surface area (Å²) in [6, 6.07) is 3.27. The van der Waals surface area contributed by atoms with Crippen LogP contribution in [0.5, 0.6) is 0 Å². The molecule has 0 radical (unpaired) electrons. The molecule has 0 spiro atoms. The lowest BCUT2D eigenvalue weighted by Crippen LogP contribution is -2.53. The lowest BCUT2D eigenvalue weighted by atomic mass is 10.3. The standard InChI is InChI=1S/C10H8BrFN2O4S/c11-7-2-1-6(3-8(7)12)19(17,18)14-4-9(15)13-10(16)5-14/h1-3H,4-5H2,(H,13,15,16). The van der Waals surface area contributed by atoms with E-state index < -0.39 is 40.7 Å². The Balaban J connectivity index is 2.39. The normalized spacial score (nSPS) is 17.4. The van der Waals surface area contributed by atoms with E-state index in [1.807, 2.05) is 5.32 Å². The van der Waals surface area contributed by atoms with Crippen molar-refractivity contribution in [2.45, 2.75) is 4.90 Å². The highest BCUT2D eigenvalue weighted by Crippen LogP contribution is 2.22. The molecule has 0 unspecified atom stereocenters. The van der Waals surface area contributed by atoms with E-state index in [1.165, 1.54) is 12.1 Å². The predicted molar refractivity (Wildman–Crippen MR) is 66.0 cm³/mol. The van der Waals surface area contributed by atoms with Crippen LogP contribution in [-0.4, -0.2) is 37.6 Å². The topological polar surface area (TPSA) is 83.6 Å². The van der Waals surface area contributed by atoms with E-state index in [2.05, 4.69) is 15.9 Å². The van der Waals surface area contributed by atoms with Gasteiger partial charge < -0.3 is 0 Å². The van der Waals surface area contributed by atoms with Crippen molar-refractivity contribution in [1.29, 1.82) is 0 Å². The van der Waals surface area contributed by atoms with Crippen LogP contribution in [0.25, 0.3) is 0 Å². The Morgan fingerprint density at radius 3 is 2.32 bits per heavy atom. The maximum absolute atomic E-state index is 13.4. The van der Waals surface area contributed by atoms with Gasteiger partial charge in [-0.05, 0) is 34.1 Å². The minimum Gasteiger partial charge on any atom is -0.294 e. The number of benzene rings is 1. The van der Waals surface area contributed by atoms with Crippen LogP contribution < -0.4 is 5.32 Å². The number of imide groups is 1. The molecule has 9 heteroatoms. The quantitative estimate of drug-likeness (QED) is 0.774. The van der Waals surface area contributed by atoms with Gasteiger partial charge in [-0.3, -0.25) is 14.9 Å². The molecule has 19 heavy (non-hydrogen) atoms. The Hall–Kier alpha value is -1.32. The number of hydrogen-bond donors (Lipinski definition) is 1. The van der Waals surface area contributed by atoms with Gasteiger partial charge in [0.2, 0.25) is 21.8 Å². The predicted octanol–water partition coefficient (Wildman–Crippen LogP) is 0.235. The molecule has 1 aliphatic heterocycles. The number of carbonyl (C=O) groups is 2. The molecule has 2 rings (SSSR count). The van der Waals surface area contributed by atoms with Gasteiger partial charge in [-0.1, -0.05) is 0 Å². The highest BCUT2D eigenvalue weighted by Gasteiger charge is 2.33. The van der Waals surface area contributed by atoms with Crippen LogP contribution in [0.15, 0.2) is 27.6 Å². The van der Waals surface area contributed by atoms with Crippen molar-refractivity contribution >= 4 is 37.8 Å². The van der Waals surface area contributed by atoms with Gasteiger partial charge in [0, 0.05) is 0 Å². The molecule has 0 bridgehead atoms. The minimum absolute atomic E-state index is 0.124. The second-order valence-electron chi connectivity index (χ2n) is 3.82. The van der Waals surface area contributed by atoms with Gasteiger partial charge in [-0.15, -0.1) is 0 Å². The Bertz CT molecular complexity index is 645. The van der Waals surface area contributed by atoms with Crippen LogP contribution in [0.3, 0.4) is 0 Å². The van der Waals surface area contributed by atoms with Crippen LogP contribution in [-0.2, 0) is 19.6 Å². The largest absolute Gasteiger partial charge is 0.294 e. The Morgan fingerprint density at radius 1 is 1.21 bits per heavy atom. The van der Waals surface area contributed by atoms with Crippen LogP contribution in [0.1, 0.15) is 0 Å². The lowest BCUT2D eigenvalue weighted by molar-refractivity contribution is -0.134. The first-order valence-corrected chi connectivity index (χ1v) is 7.32. The van der Waals surface area contributed by atoms with Crippen molar-refractivity contribution < 1.29 is 22.4 Å². The Labute approximate surface area is 116 Å². The summed E-state index contributed by atoms with van der Waals surface area (Å²) in [6.07, 6.45) is 0. The molecule has 0 aromatic heterocycles. The number of sulfonamides is 1. The summed E-state index contributed by atoms with van der Waals surface area (Å²) < 4.78 is 38.5. The number of halogens is 2. The molecule has 0 atom stereocenters. The van der Waals surface area contributed by atoms with Crippen molar-refractivity contribution in [1.82, 2.24) is 9.62 Å². The number of rotatable bonds is 2. The summed E-state index contributed by atoms with van der Waals surface area (Å²) in [5.74, 6) is -2.16. The van der Waals surface area contributed by atoms with Gasteiger partial charge in [0.15, 0.2) is 0 Å². The van der Waals surface area contributed by atoms with E-state index in [4.69, 9.17) is 0 Å². The van der Waals surface area contributed by atoms with E-state index in [0.717, 1.165) is 6.07 Å². The molecule has 1 fully saturated rings. The average Bonchev–Trinajstić information content (AvgIpc) is 2.31. The van der Waals surface area contributed by atoms with Gasteiger partial charge >= 0.3 is 0 Å². The minimum atomic E-state index is -4.08. The Morgan fingerprint density at radius 2 is 1.79 bits per heavy atom. The molecule has 2 amide bonds. The summed E-state index contributed by atoms with van der Waals surface area (Å²) in [7, 11) is -4.08. The summed E-state index contributed by atoms with van der Waals surface area (Å²) in [4.78, 5) is 22.0. The van der Waals surface area contributed by atoms with E-state index in [0.29, 0.717) is 4.31 Å². The molecule has 1 aliphatic rings. The summed E-state index contributed by atoms with van der Waals surface area (Å²) >= 11 is 2.91. The van der Waals surface area contributed by atoms with Crippen LogP contribution in [0.2, 0.25) is 0 Å². The fourth-order valence-electron chi connectivity index (χ4n) is 1.57. The molecule has 6 nitrogen and oxygen atoms in total. The maximum atomic E-state index is 13.4. The number of hydrogen-bond acceptors (Lipinski definition) is 4. The summed E-state index contributed by atoms with van der Waals surface area (Å²) in [5, 5.41) is 1.99. The highest BCUT2D eigenvalue weighted by molar-refractivity contribution is 9.10. The van der Waals surface area contributed by atoms with Gasteiger partial charge in [0.1, 0.15) is 5.82 Å². The SMILES string of the molecule is O=C1CN(S(=O)(=O)c2ccc(Br)c(F)c2)CC(=O)N1. The smallest absolute Gasteiger partial charge is 0.244 e. The number of nitrogens with one attached hydrogen (secondary N) is 1. The molecule has 1 aromatic rings. The van der Waals surface area contributed by atoms with E-state index in [1.54, 1.807) is 0 Å². The van der Waals surface area contributed by atoms with Crippen LogP contribution in [0, 0.1) is 5.82 Å². The third kappa shape index (κ3) is 2.82. The molecule has 0 aliphatic carbocycles. The summed E-state index contributed by atoms with van der Waals surface area (Å²) in [5.41, 5.74) is 0. The van der Waals surface area contributed by atoms with Crippen molar-refractivity contribution in [2.75, 3.05) is 13.1 Å². The van der Waals surface area contributed by atoms with E-state index >= 15 is 0 Å². The van der Waals surface area contributed by atoms with Gasteiger partial charge in [-0.25, -0.2) is 12.8 Å². The number of carbonyl (C=O) groups excluding carboxylic acids is 2.